The number of nitrogens with one attached hydrogen (secondary N) is 1. The summed E-state index contributed by atoms with van der Waals surface area (Å²) in [5.74, 6) is 1.63. The maximum Gasteiger partial charge on any atom is 0.255 e. The number of nitrogens with two attached hydrogens (primary N) is 1. The van der Waals surface area contributed by atoms with Crippen molar-refractivity contribution in [3.05, 3.63) is 78.4 Å². The van der Waals surface area contributed by atoms with Gasteiger partial charge in [-0.25, -0.2) is 13.6 Å². The van der Waals surface area contributed by atoms with Gasteiger partial charge in [0.1, 0.15) is 17.2 Å². The number of carbonyl (C=O) groups excluding carboxylic acids is 1. The molecule has 0 saturated carbocycles. The second-order valence-electron chi connectivity index (χ2n) is 5.83. The predicted molar refractivity (Wildman–Crippen MR) is 105 cm³/mol. The zero-order valence-corrected chi connectivity index (χ0v) is 15.8. The van der Waals surface area contributed by atoms with Crippen molar-refractivity contribution in [1.82, 2.24) is 0 Å². The molecule has 0 aliphatic rings. The molecule has 0 aliphatic heterocycles. The van der Waals surface area contributed by atoms with Gasteiger partial charge in [-0.1, -0.05) is 0 Å². The quantitative estimate of drug-likeness (QED) is 0.662. The molecule has 0 aromatic heterocycles. The molecular weight excluding hydrogens is 380 g/mol. The fourth-order valence-corrected chi connectivity index (χ4v) is 2.90. The summed E-state index contributed by atoms with van der Waals surface area (Å²) in [4.78, 5) is 12.3. The Hall–Kier alpha value is -3.36. The summed E-state index contributed by atoms with van der Waals surface area (Å²) in [6.45, 7) is 0. The summed E-state index contributed by atoms with van der Waals surface area (Å²) in [6.07, 6.45) is 0. The molecule has 7 nitrogen and oxygen atoms in total. The van der Waals surface area contributed by atoms with E-state index in [-0.39, 0.29) is 10.8 Å². The number of amides is 1. The van der Waals surface area contributed by atoms with E-state index >= 15 is 0 Å². The predicted octanol–water partition coefficient (Wildman–Crippen LogP) is 3.39. The Morgan fingerprint density at radius 1 is 0.821 bits per heavy atom. The molecular formula is C20H18N2O5S. The minimum absolute atomic E-state index is 0.0227. The molecule has 1 amide bonds. The summed E-state index contributed by atoms with van der Waals surface area (Å²) in [6, 6.07) is 19.4. The SMILES string of the molecule is COc1ccc(Oc2ccc(C(=O)Nc3ccc(S(N)(=O)=O)cc3)cc2)cc1. The maximum atomic E-state index is 12.3. The first kappa shape index (κ1) is 19.4. The highest BCUT2D eigenvalue weighted by atomic mass is 32.2. The van der Waals surface area contributed by atoms with Gasteiger partial charge >= 0.3 is 0 Å². The first-order valence-electron chi connectivity index (χ1n) is 8.21. The van der Waals surface area contributed by atoms with E-state index in [1.165, 1.54) is 24.3 Å². The fourth-order valence-electron chi connectivity index (χ4n) is 2.39. The van der Waals surface area contributed by atoms with Crippen LogP contribution >= 0.6 is 0 Å². The molecule has 0 saturated heterocycles. The van der Waals surface area contributed by atoms with Crippen molar-refractivity contribution >= 4 is 21.6 Å². The summed E-state index contributed by atoms with van der Waals surface area (Å²) in [7, 11) is -2.18. The smallest absolute Gasteiger partial charge is 0.255 e. The third-order valence-electron chi connectivity index (χ3n) is 3.85. The average Bonchev–Trinajstić information content (AvgIpc) is 2.69. The van der Waals surface area contributed by atoms with E-state index in [0.29, 0.717) is 22.7 Å². The van der Waals surface area contributed by atoms with Gasteiger partial charge in [-0.2, -0.15) is 0 Å². The minimum Gasteiger partial charge on any atom is -0.497 e. The summed E-state index contributed by atoms with van der Waals surface area (Å²) < 4.78 is 33.3. The van der Waals surface area contributed by atoms with Crippen molar-refractivity contribution in [3.8, 4) is 17.2 Å². The van der Waals surface area contributed by atoms with Crippen LogP contribution in [0.3, 0.4) is 0 Å². The molecule has 3 N–H and O–H groups in total. The number of benzene rings is 3. The van der Waals surface area contributed by atoms with Crippen molar-refractivity contribution in [3.63, 3.8) is 0 Å². The van der Waals surface area contributed by atoms with Crippen LogP contribution in [-0.4, -0.2) is 21.4 Å². The molecule has 0 atom stereocenters. The Morgan fingerprint density at radius 3 is 1.82 bits per heavy atom. The van der Waals surface area contributed by atoms with Gasteiger partial charge in [0.2, 0.25) is 10.0 Å². The molecule has 28 heavy (non-hydrogen) atoms. The van der Waals surface area contributed by atoms with Crippen LogP contribution in [0.5, 0.6) is 17.2 Å². The van der Waals surface area contributed by atoms with Crippen LogP contribution in [-0.2, 0) is 10.0 Å². The Kier molecular flexibility index (Phi) is 5.62. The van der Waals surface area contributed by atoms with Gasteiger partial charge in [-0.05, 0) is 72.8 Å². The van der Waals surface area contributed by atoms with Gasteiger partial charge in [0.05, 0.1) is 12.0 Å². The molecule has 3 rings (SSSR count). The van der Waals surface area contributed by atoms with Crippen molar-refractivity contribution in [2.24, 2.45) is 5.14 Å². The molecule has 8 heteroatoms. The van der Waals surface area contributed by atoms with Gasteiger partial charge in [-0.3, -0.25) is 4.79 Å². The summed E-state index contributed by atoms with van der Waals surface area (Å²) >= 11 is 0. The Morgan fingerprint density at radius 2 is 1.32 bits per heavy atom. The van der Waals surface area contributed by atoms with E-state index < -0.39 is 10.0 Å². The van der Waals surface area contributed by atoms with Crippen LogP contribution < -0.4 is 19.9 Å². The van der Waals surface area contributed by atoms with Crippen molar-refractivity contribution < 1.29 is 22.7 Å². The Labute approximate surface area is 162 Å². The van der Waals surface area contributed by atoms with Crippen molar-refractivity contribution in [1.29, 1.82) is 0 Å². The molecule has 0 bridgehead atoms. The number of anilines is 1. The van der Waals surface area contributed by atoms with E-state index in [1.54, 1.807) is 55.6 Å². The van der Waals surface area contributed by atoms with Crippen LogP contribution in [0.1, 0.15) is 10.4 Å². The highest BCUT2D eigenvalue weighted by molar-refractivity contribution is 7.89. The van der Waals surface area contributed by atoms with Gasteiger partial charge in [-0.15, -0.1) is 0 Å². The molecule has 3 aromatic carbocycles. The van der Waals surface area contributed by atoms with E-state index in [2.05, 4.69) is 5.32 Å². The van der Waals surface area contributed by atoms with E-state index in [0.717, 1.165) is 5.75 Å². The molecule has 0 heterocycles. The molecule has 0 spiro atoms. The molecule has 0 radical (unpaired) electrons. The standard InChI is InChI=1S/C20H18N2O5S/c1-26-16-8-10-18(11-9-16)27-17-6-2-14(3-7-17)20(23)22-15-4-12-19(13-5-15)28(21,24)25/h2-13H,1H3,(H,22,23)(H2,21,24,25). The lowest BCUT2D eigenvalue weighted by Gasteiger charge is -2.09. The fraction of sp³-hybridized carbons (Fsp3) is 0.0500. The van der Waals surface area contributed by atoms with Gasteiger partial charge < -0.3 is 14.8 Å². The molecule has 3 aromatic rings. The number of primary sulfonamides is 1. The third-order valence-corrected chi connectivity index (χ3v) is 4.78. The number of hydrogen-bond donors (Lipinski definition) is 2. The van der Waals surface area contributed by atoms with Gasteiger partial charge in [0, 0.05) is 11.3 Å². The number of rotatable bonds is 6. The maximum absolute atomic E-state index is 12.3. The first-order chi connectivity index (χ1) is 13.3. The zero-order chi connectivity index (χ0) is 20.1. The van der Waals surface area contributed by atoms with E-state index in [4.69, 9.17) is 14.6 Å². The lowest BCUT2D eigenvalue weighted by Crippen LogP contribution is -2.13. The summed E-state index contributed by atoms with van der Waals surface area (Å²) in [5.41, 5.74) is 0.883. The third kappa shape index (κ3) is 4.87. The lowest BCUT2D eigenvalue weighted by molar-refractivity contribution is 0.102. The van der Waals surface area contributed by atoms with Crippen LogP contribution in [0.15, 0.2) is 77.7 Å². The second-order valence-corrected chi connectivity index (χ2v) is 7.39. The van der Waals surface area contributed by atoms with Crippen LogP contribution in [0.2, 0.25) is 0 Å². The monoisotopic (exact) mass is 398 g/mol. The highest BCUT2D eigenvalue weighted by Crippen LogP contribution is 2.24. The number of carbonyl (C=O) groups is 1. The van der Waals surface area contributed by atoms with Crippen molar-refractivity contribution in [2.45, 2.75) is 4.90 Å². The van der Waals surface area contributed by atoms with Crippen LogP contribution in [0.4, 0.5) is 5.69 Å². The Balaban J connectivity index is 1.64. The lowest BCUT2D eigenvalue weighted by atomic mass is 10.2. The topological polar surface area (TPSA) is 108 Å². The zero-order valence-electron chi connectivity index (χ0n) is 15.0. The number of methoxy groups -OCH3 is 1. The van der Waals surface area contributed by atoms with E-state index in [1.807, 2.05) is 0 Å². The second kappa shape index (κ2) is 8.12. The van der Waals surface area contributed by atoms with Crippen LogP contribution in [0, 0.1) is 0 Å². The van der Waals surface area contributed by atoms with E-state index in [9.17, 15) is 13.2 Å². The van der Waals surface area contributed by atoms with Gasteiger partial charge in [0.25, 0.3) is 5.91 Å². The molecule has 0 aliphatic carbocycles. The Bertz CT molecular complexity index is 1060. The number of ether oxygens (including phenoxy) is 2. The highest BCUT2D eigenvalue weighted by Gasteiger charge is 2.10. The largest absolute Gasteiger partial charge is 0.497 e. The van der Waals surface area contributed by atoms with Crippen LogP contribution in [0.25, 0.3) is 0 Å². The molecule has 144 valence electrons. The first-order valence-corrected chi connectivity index (χ1v) is 9.76. The molecule has 0 fully saturated rings. The summed E-state index contributed by atoms with van der Waals surface area (Å²) in [5, 5.41) is 7.74. The number of sulfonamides is 1. The molecule has 0 unspecified atom stereocenters. The van der Waals surface area contributed by atoms with Crippen molar-refractivity contribution in [2.75, 3.05) is 12.4 Å². The normalized spacial score (nSPS) is 10.9. The minimum atomic E-state index is -3.77. The van der Waals surface area contributed by atoms with Gasteiger partial charge in [0.15, 0.2) is 0 Å². The number of hydrogen-bond acceptors (Lipinski definition) is 5. The average molecular weight is 398 g/mol.